The fraction of sp³-hybridized carbons (Fsp3) is 0.0833. The maximum atomic E-state index is 13.6. The van der Waals surface area contributed by atoms with Gasteiger partial charge in [0.1, 0.15) is 0 Å². The zero-order valence-electron chi connectivity index (χ0n) is 25.4. The molecule has 0 atom stereocenters. The molecule has 5 rings (SSSR count). The Morgan fingerprint density at radius 1 is 0.706 bits per heavy atom. The van der Waals surface area contributed by atoms with E-state index >= 15 is 0 Å². The summed E-state index contributed by atoms with van der Waals surface area (Å²) < 4.78 is 94.4. The molecule has 0 aliphatic heterocycles. The average molecular weight is 484 g/mol. The molecule has 0 bridgehead atoms. The van der Waals surface area contributed by atoms with Crippen LogP contribution < -0.4 is 27.6 Å². The van der Waals surface area contributed by atoms with Gasteiger partial charge in [-0.2, -0.15) is 0 Å². The van der Waals surface area contributed by atoms with Crippen molar-refractivity contribution in [1.29, 1.82) is 0 Å². The zero-order chi connectivity index (χ0) is 31.3. The second-order valence-corrected chi connectivity index (χ2v) is 9.02. The van der Waals surface area contributed by atoms with E-state index in [1.165, 1.54) is 14.1 Å². The standard InChI is InChI=1S/C24H17N3O6S/c1-25-13-3-7-15(8-4-13)34(32,33)16-9-5-14(6-10-16)27-23(30)19-11-17-18(12-20(19)24(27)31)22(29)26(2)21(17)28/h3-12,25H,1-2H3/i3D,4D,5D,6D,7D,8D,9D,10D. The van der Waals surface area contributed by atoms with E-state index in [0.29, 0.717) is 0 Å². The topological polar surface area (TPSA) is 124 Å². The molecule has 0 saturated carbocycles. The number of aromatic nitrogens is 2. The minimum Gasteiger partial charge on any atom is -0.388 e. The Labute approximate surface area is 203 Å². The molecule has 9 nitrogen and oxygen atoms in total. The van der Waals surface area contributed by atoms with Crippen molar-refractivity contribution in [2.75, 3.05) is 12.4 Å². The Bertz CT molecular complexity index is 2260. The Kier molecular flexibility index (Phi) is 3.04. The fourth-order valence-corrected chi connectivity index (χ4v) is 4.45. The molecule has 2 heterocycles. The van der Waals surface area contributed by atoms with Gasteiger partial charge in [-0.25, -0.2) is 13.0 Å². The number of hydrogen-bond donors (Lipinski definition) is 1. The van der Waals surface area contributed by atoms with Gasteiger partial charge in [-0.15, -0.1) is 0 Å². The van der Waals surface area contributed by atoms with Crippen molar-refractivity contribution in [2.45, 2.75) is 9.79 Å². The van der Waals surface area contributed by atoms with Crippen LogP contribution in [0.5, 0.6) is 0 Å². The summed E-state index contributed by atoms with van der Waals surface area (Å²) in [5.74, 6) is 0. The van der Waals surface area contributed by atoms with Crippen molar-refractivity contribution in [2.24, 2.45) is 7.05 Å². The molecule has 0 saturated heterocycles. The first-order valence-electron chi connectivity index (χ1n) is 13.5. The summed E-state index contributed by atoms with van der Waals surface area (Å²) in [6.07, 6.45) is 0. The summed E-state index contributed by atoms with van der Waals surface area (Å²) in [6.45, 7) is 0. The van der Waals surface area contributed by atoms with Gasteiger partial charge in [0.05, 0.1) is 48.0 Å². The van der Waals surface area contributed by atoms with E-state index < -0.39 is 95.9 Å². The van der Waals surface area contributed by atoms with Crippen molar-refractivity contribution < 1.29 is 19.4 Å². The van der Waals surface area contributed by atoms with Gasteiger partial charge < -0.3 is 5.32 Å². The van der Waals surface area contributed by atoms with Crippen LogP contribution >= 0.6 is 0 Å². The van der Waals surface area contributed by atoms with Crippen LogP contribution in [0.3, 0.4) is 0 Å². The zero-order valence-corrected chi connectivity index (χ0v) is 18.2. The Balaban J connectivity index is 1.85. The molecule has 0 amide bonds. The lowest BCUT2D eigenvalue weighted by Gasteiger charge is -2.07. The first-order valence-corrected chi connectivity index (χ1v) is 11.0. The summed E-state index contributed by atoms with van der Waals surface area (Å²) in [5.41, 5.74) is -4.97. The molecule has 0 spiro atoms. The maximum Gasteiger partial charge on any atom is 0.266 e. The summed E-state index contributed by atoms with van der Waals surface area (Å²) in [4.78, 5) is 48.9. The fourth-order valence-electron chi connectivity index (χ4n) is 3.50. The minimum atomic E-state index is -5.25. The van der Waals surface area contributed by atoms with Crippen LogP contribution in [-0.2, 0) is 16.9 Å². The van der Waals surface area contributed by atoms with E-state index in [1.807, 2.05) is 0 Å². The maximum absolute atomic E-state index is 13.6. The molecule has 0 unspecified atom stereocenters. The Morgan fingerprint density at radius 2 is 1.12 bits per heavy atom. The second kappa shape index (κ2) is 7.35. The van der Waals surface area contributed by atoms with Gasteiger partial charge in [-0.3, -0.25) is 23.7 Å². The van der Waals surface area contributed by atoms with Crippen LogP contribution in [0.2, 0.25) is 0 Å². The summed E-state index contributed by atoms with van der Waals surface area (Å²) in [5, 5.41) is 1.41. The number of fused-ring (bicyclic) bond motifs is 2. The quantitative estimate of drug-likeness (QED) is 0.409. The predicted octanol–water partition coefficient (Wildman–Crippen LogP) is 1.31. The van der Waals surface area contributed by atoms with Crippen LogP contribution in [0.15, 0.2) is 89.4 Å². The molecule has 170 valence electrons. The second-order valence-electron chi connectivity index (χ2n) is 7.19. The monoisotopic (exact) mass is 483 g/mol. The smallest absolute Gasteiger partial charge is 0.266 e. The van der Waals surface area contributed by atoms with Gasteiger partial charge in [-0.05, 0) is 60.5 Å². The van der Waals surface area contributed by atoms with Crippen LogP contribution in [0.25, 0.3) is 27.2 Å². The Hall–Kier alpha value is -4.31. The molecule has 5 aromatic rings. The summed E-state index contributed by atoms with van der Waals surface area (Å²) >= 11 is 0. The van der Waals surface area contributed by atoms with Crippen LogP contribution in [0.4, 0.5) is 5.69 Å². The van der Waals surface area contributed by atoms with Gasteiger partial charge >= 0.3 is 0 Å². The summed E-state index contributed by atoms with van der Waals surface area (Å²) in [7, 11) is -2.74. The molecule has 0 fully saturated rings. The van der Waals surface area contributed by atoms with Crippen molar-refractivity contribution >= 4 is 37.1 Å². The number of sulfone groups is 1. The number of hydrogen-bond acceptors (Lipinski definition) is 7. The molecule has 0 radical (unpaired) electrons. The molecular weight excluding hydrogens is 458 g/mol. The van der Waals surface area contributed by atoms with E-state index in [-0.39, 0.29) is 31.8 Å². The molecule has 0 aliphatic carbocycles. The molecular formula is C24H17N3O6S. The van der Waals surface area contributed by atoms with E-state index in [0.717, 1.165) is 16.7 Å². The highest BCUT2D eigenvalue weighted by molar-refractivity contribution is 7.91. The highest BCUT2D eigenvalue weighted by Gasteiger charge is 2.21. The van der Waals surface area contributed by atoms with Crippen molar-refractivity contribution in [3.05, 3.63) is 102 Å². The Morgan fingerprint density at radius 3 is 1.56 bits per heavy atom. The lowest BCUT2D eigenvalue weighted by molar-refractivity contribution is 0.596. The lowest BCUT2D eigenvalue weighted by Crippen LogP contribution is -2.23. The highest BCUT2D eigenvalue weighted by atomic mass is 32.2. The highest BCUT2D eigenvalue weighted by Crippen LogP contribution is 2.23. The van der Waals surface area contributed by atoms with Crippen molar-refractivity contribution in [3.8, 4) is 5.69 Å². The average Bonchev–Trinajstić information content (AvgIpc) is 3.30. The number of anilines is 1. The molecule has 3 aromatic carbocycles. The first-order chi connectivity index (χ1) is 19.5. The number of nitrogens with one attached hydrogen (secondary N) is 1. The molecule has 1 N–H and O–H groups in total. The van der Waals surface area contributed by atoms with Gasteiger partial charge in [0.15, 0.2) is 0 Å². The third kappa shape index (κ3) is 2.96. The molecule has 34 heavy (non-hydrogen) atoms. The first kappa shape index (κ1) is 14.1. The van der Waals surface area contributed by atoms with Gasteiger partial charge in [0.25, 0.3) is 22.2 Å². The van der Waals surface area contributed by atoms with Crippen LogP contribution in [-0.4, -0.2) is 24.6 Å². The minimum absolute atomic E-state index is 0.158. The molecule has 2 aromatic heterocycles. The normalized spacial score (nSPS) is 15.2. The largest absolute Gasteiger partial charge is 0.388 e. The van der Waals surface area contributed by atoms with Crippen molar-refractivity contribution in [3.63, 3.8) is 0 Å². The number of nitrogens with zero attached hydrogens (tertiary/aromatic N) is 2. The van der Waals surface area contributed by atoms with E-state index in [2.05, 4.69) is 5.32 Å². The van der Waals surface area contributed by atoms with Gasteiger partial charge in [0.2, 0.25) is 9.84 Å². The number of rotatable bonds is 4. The van der Waals surface area contributed by atoms with E-state index in [1.54, 1.807) is 0 Å². The summed E-state index contributed by atoms with van der Waals surface area (Å²) in [6, 6.07) is -6.29. The molecule has 10 heteroatoms. The van der Waals surface area contributed by atoms with E-state index in [9.17, 15) is 27.6 Å². The van der Waals surface area contributed by atoms with Crippen molar-refractivity contribution in [1.82, 2.24) is 9.13 Å². The van der Waals surface area contributed by atoms with Crippen LogP contribution in [0, 0.1) is 0 Å². The third-order valence-corrected chi connectivity index (χ3v) is 6.78. The SMILES string of the molecule is [2H]c1c([2H])c(S(=O)(=O)c2c([2H])c([2H])c(-n3c(=O)c4cc5c(=O)n(C)c(=O)c5cc4c3=O)c([2H])c2[2H])c([2H])c([2H])c1NC. The third-order valence-electron chi connectivity index (χ3n) is 5.30. The van der Waals surface area contributed by atoms with E-state index in [4.69, 9.17) is 11.0 Å². The predicted molar refractivity (Wildman–Crippen MR) is 129 cm³/mol. The number of benzene rings is 3. The lowest BCUT2D eigenvalue weighted by atomic mass is 10.1. The molecule has 0 aliphatic rings. The van der Waals surface area contributed by atoms with Gasteiger partial charge in [0, 0.05) is 19.8 Å². The van der Waals surface area contributed by atoms with Gasteiger partial charge in [-0.1, -0.05) is 0 Å². The van der Waals surface area contributed by atoms with Crippen LogP contribution in [0.1, 0.15) is 11.0 Å².